The topological polar surface area (TPSA) is 35.8 Å². The van der Waals surface area contributed by atoms with Gasteiger partial charge in [0.05, 0.1) is 11.6 Å². The lowest BCUT2D eigenvalue weighted by atomic mass is 10.1. The summed E-state index contributed by atoms with van der Waals surface area (Å²) in [5.41, 5.74) is 5.85. The number of benzene rings is 2. The highest BCUT2D eigenvalue weighted by Gasteiger charge is 2.24. The fourth-order valence-corrected chi connectivity index (χ4v) is 3.39. The second kappa shape index (κ2) is 5.21. The average Bonchev–Trinajstić information content (AvgIpc) is 2.49. The summed E-state index contributed by atoms with van der Waals surface area (Å²) >= 11 is 1.55. The molecule has 0 spiro atoms. The van der Waals surface area contributed by atoms with E-state index in [1.54, 1.807) is 11.8 Å². The largest absolute Gasteiger partial charge is 0.410 e. The molecule has 3 nitrogen and oxygen atoms in total. The van der Waals surface area contributed by atoms with Gasteiger partial charge in [0.15, 0.2) is 0 Å². The van der Waals surface area contributed by atoms with Gasteiger partial charge in [-0.15, -0.1) is 0 Å². The molecule has 1 aliphatic rings. The fourth-order valence-electron chi connectivity index (χ4n) is 2.47. The van der Waals surface area contributed by atoms with Gasteiger partial charge in [-0.25, -0.2) is 0 Å². The van der Waals surface area contributed by atoms with E-state index < -0.39 is 0 Å². The zero-order valence-corrected chi connectivity index (χ0v) is 12.3. The number of thioether (sulfide) groups is 1. The first kappa shape index (κ1) is 13.1. The molecular formula is C16H16N2OS. The molecule has 0 aromatic heterocycles. The second-order valence-corrected chi connectivity index (χ2v) is 5.78. The van der Waals surface area contributed by atoms with Crippen molar-refractivity contribution < 1.29 is 5.21 Å². The maximum absolute atomic E-state index is 9.14. The molecule has 3 rings (SSSR count). The lowest BCUT2D eigenvalue weighted by Crippen LogP contribution is -2.25. The molecule has 20 heavy (non-hydrogen) atoms. The molecule has 0 unspecified atom stereocenters. The van der Waals surface area contributed by atoms with E-state index in [4.69, 9.17) is 5.21 Å². The number of para-hydroxylation sites is 1. The summed E-state index contributed by atoms with van der Waals surface area (Å²) < 4.78 is 0. The van der Waals surface area contributed by atoms with Crippen molar-refractivity contribution in [2.24, 2.45) is 5.16 Å². The van der Waals surface area contributed by atoms with Gasteiger partial charge in [0.2, 0.25) is 0 Å². The van der Waals surface area contributed by atoms with Crippen molar-refractivity contribution in [1.82, 2.24) is 0 Å². The van der Waals surface area contributed by atoms with Crippen LogP contribution in [-0.2, 0) is 0 Å². The molecule has 102 valence electrons. The lowest BCUT2D eigenvalue weighted by molar-refractivity contribution is 0.321. The summed E-state index contributed by atoms with van der Waals surface area (Å²) in [5.74, 6) is 0.751. The minimum Gasteiger partial charge on any atom is -0.410 e. The molecule has 1 heterocycles. The summed E-state index contributed by atoms with van der Waals surface area (Å²) in [7, 11) is 0. The van der Waals surface area contributed by atoms with Crippen molar-refractivity contribution in [1.29, 1.82) is 0 Å². The number of aryl methyl sites for hydroxylation is 1. The predicted molar refractivity (Wildman–Crippen MR) is 85.3 cm³/mol. The number of nitrogens with zero attached hydrogens (tertiary/aromatic N) is 2. The molecule has 2 aromatic carbocycles. The lowest BCUT2D eigenvalue weighted by Gasteiger charge is -2.32. The Morgan fingerprint density at radius 1 is 1.05 bits per heavy atom. The van der Waals surface area contributed by atoms with Gasteiger partial charge in [-0.2, -0.15) is 0 Å². The van der Waals surface area contributed by atoms with Crippen molar-refractivity contribution in [3.05, 3.63) is 59.2 Å². The molecule has 0 amide bonds. The third kappa shape index (κ3) is 2.06. The van der Waals surface area contributed by atoms with Crippen LogP contribution in [0, 0.1) is 13.8 Å². The Hall–Kier alpha value is -1.94. The van der Waals surface area contributed by atoms with Crippen LogP contribution in [0.4, 0.5) is 11.4 Å². The average molecular weight is 284 g/mol. The van der Waals surface area contributed by atoms with E-state index in [-0.39, 0.29) is 0 Å². The first-order valence-electron chi connectivity index (χ1n) is 6.50. The monoisotopic (exact) mass is 284 g/mol. The molecule has 0 fully saturated rings. The van der Waals surface area contributed by atoms with Crippen molar-refractivity contribution >= 4 is 28.2 Å². The third-order valence-corrected chi connectivity index (χ3v) is 4.68. The van der Waals surface area contributed by atoms with Crippen LogP contribution in [-0.4, -0.2) is 16.1 Å². The van der Waals surface area contributed by atoms with Crippen LogP contribution in [0.15, 0.2) is 47.6 Å². The molecule has 0 aliphatic carbocycles. The third-order valence-electron chi connectivity index (χ3n) is 3.71. The first-order chi connectivity index (χ1) is 9.72. The molecule has 2 aromatic rings. The summed E-state index contributed by atoms with van der Waals surface area (Å²) in [6.45, 7) is 4.27. The van der Waals surface area contributed by atoms with Crippen molar-refractivity contribution in [3.8, 4) is 0 Å². The maximum Gasteiger partial charge on any atom is 0.146 e. The first-order valence-corrected chi connectivity index (χ1v) is 7.49. The molecule has 0 saturated carbocycles. The van der Waals surface area contributed by atoms with E-state index in [0.717, 1.165) is 17.1 Å². The van der Waals surface area contributed by atoms with E-state index in [2.05, 4.69) is 48.2 Å². The van der Waals surface area contributed by atoms with E-state index in [0.29, 0.717) is 5.04 Å². The van der Waals surface area contributed by atoms with Crippen LogP contribution in [0.3, 0.4) is 0 Å². The van der Waals surface area contributed by atoms with Gasteiger partial charge in [0.1, 0.15) is 5.04 Å². The van der Waals surface area contributed by atoms with Gasteiger partial charge in [-0.1, -0.05) is 47.2 Å². The minimum absolute atomic E-state index is 0.683. The van der Waals surface area contributed by atoms with Crippen LogP contribution >= 0.6 is 11.8 Å². The number of anilines is 2. The van der Waals surface area contributed by atoms with Gasteiger partial charge in [-0.3, -0.25) is 0 Å². The number of hydrogen-bond acceptors (Lipinski definition) is 4. The smallest absolute Gasteiger partial charge is 0.146 e. The minimum atomic E-state index is 0.683. The summed E-state index contributed by atoms with van der Waals surface area (Å²) in [6.07, 6.45) is 0. The molecule has 0 atom stereocenters. The molecule has 0 saturated heterocycles. The Morgan fingerprint density at radius 3 is 2.60 bits per heavy atom. The molecule has 1 N–H and O–H groups in total. The standard InChI is InChI=1S/C16H16N2OS/c1-11-6-5-9-14(12(11)2)18-10-20-16(17-19)13-7-3-4-8-15(13)18/h3-9,19H,10H2,1-2H3/b17-16+. The second-order valence-electron chi connectivity index (χ2n) is 4.84. The SMILES string of the molecule is Cc1cccc(N2CS/C(=N/O)c3ccccc32)c1C. The van der Waals surface area contributed by atoms with E-state index >= 15 is 0 Å². The highest BCUT2D eigenvalue weighted by molar-refractivity contribution is 8.14. The zero-order chi connectivity index (χ0) is 14.1. The zero-order valence-electron chi connectivity index (χ0n) is 11.5. The van der Waals surface area contributed by atoms with Gasteiger partial charge < -0.3 is 10.1 Å². The van der Waals surface area contributed by atoms with Crippen LogP contribution in [0.1, 0.15) is 16.7 Å². The number of rotatable bonds is 1. The Bertz CT molecular complexity index is 682. The summed E-state index contributed by atoms with van der Waals surface area (Å²) in [4.78, 5) is 2.27. The fraction of sp³-hybridized carbons (Fsp3) is 0.188. The molecule has 0 bridgehead atoms. The van der Waals surface area contributed by atoms with Crippen molar-refractivity contribution in [2.45, 2.75) is 13.8 Å². The van der Waals surface area contributed by atoms with Gasteiger partial charge in [-0.05, 0) is 37.1 Å². The normalized spacial score (nSPS) is 16.3. The van der Waals surface area contributed by atoms with Gasteiger partial charge in [0.25, 0.3) is 0 Å². The number of fused-ring (bicyclic) bond motifs is 1. The maximum atomic E-state index is 9.14. The van der Waals surface area contributed by atoms with Gasteiger partial charge >= 0.3 is 0 Å². The van der Waals surface area contributed by atoms with E-state index in [1.165, 1.54) is 16.8 Å². The number of oxime groups is 1. The number of hydrogen-bond donors (Lipinski definition) is 1. The highest BCUT2D eigenvalue weighted by atomic mass is 32.2. The highest BCUT2D eigenvalue weighted by Crippen LogP contribution is 2.39. The van der Waals surface area contributed by atoms with Crippen LogP contribution in [0.25, 0.3) is 0 Å². The van der Waals surface area contributed by atoms with Crippen LogP contribution < -0.4 is 4.90 Å². The van der Waals surface area contributed by atoms with Gasteiger partial charge in [0, 0.05) is 11.3 Å². The molecule has 4 heteroatoms. The Balaban J connectivity index is 2.15. The van der Waals surface area contributed by atoms with E-state index in [9.17, 15) is 0 Å². The summed E-state index contributed by atoms with van der Waals surface area (Å²) in [5, 5.41) is 13.2. The van der Waals surface area contributed by atoms with E-state index in [1.807, 2.05) is 18.2 Å². The Morgan fingerprint density at radius 2 is 1.80 bits per heavy atom. The van der Waals surface area contributed by atoms with Crippen LogP contribution in [0.2, 0.25) is 0 Å². The summed E-state index contributed by atoms with van der Waals surface area (Å²) in [6, 6.07) is 14.4. The molecule has 1 aliphatic heterocycles. The molecular weight excluding hydrogens is 268 g/mol. The van der Waals surface area contributed by atoms with Crippen molar-refractivity contribution in [3.63, 3.8) is 0 Å². The van der Waals surface area contributed by atoms with Crippen molar-refractivity contribution in [2.75, 3.05) is 10.8 Å². The quantitative estimate of drug-likeness (QED) is 0.627. The predicted octanol–water partition coefficient (Wildman–Crippen LogP) is 4.28. The Kier molecular flexibility index (Phi) is 3.40. The molecule has 0 radical (unpaired) electrons. The Labute approximate surface area is 122 Å². The van der Waals surface area contributed by atoms with Crippen LogP contribution in [0.5, 0.6) is 0 Å².